The zero-order chi connectivity index (χ0) is 15.6. The number of hydrogen-bond donors (Lipinski definition) is 2. The Morgan fingerprint density at radius 3 is 2.68 bits per heavy atom. The molecule has 0 radical (unpaired) electrons. The maximum absolute atomic E-state index is 12.5. The summed E-state index contributed by atoms with van der Waals surface area (Å²) in [6.07, 6.45) is 5.27. The van der Waals surface area contributed by atoms with Crippen molar-refractivity contribution in [2.75, 3.05) is 6.54 Å². The fourth-order valence-electron chi connectivity index (χ4n) is 3.01. The van der Waals surface area contributed by atoms with E-state index >= 15 is 0 Å². The lowest BCUT2D eigenvalue weighted by atomic mass is 10.0. The van der Waals surface area contributed by atoms with Crippen LogP contribution in [0.15, 0.2) is 36.5 Å². The first-order chi connectivity index (χ1) is 10.6. The van der Waals surface area contributed by atoms with Crippen molar-refractivity contribution in [1.29, 1.82) is 0 Å². The first-order valence-corrected chi connectivity index (χ1v) is 7.67. The highest BCUT2D eigenvalue weighted by Crippen LogP contribution is 2.29. The van der Waals surface area contributed by atoms with Gasteiger partial charge >= 0.3 is 0 Å². The van der Waals surface area contributed by atoms with Crippen LogP contribution in [0.25, 0.3) is 11.3 Å². The van der Waals surface area contributed by atoms with Crippen molar-refractivity contribution in [1.82, 2.24) is 15.1 Å². The highest BCUT2D eigenvalue weighted by atomic mass is 16.3. The number of carbonyl (C=O) groups excluding carboxylic acids is 1. The zero-order valence-corrected chi connectivity index (χ0v) is 12.7. The third kappa shape index (κ3) is 3.04. The summed E-state index contributed by atoms with van der Waals surface area (Å²) in [6, 6.07) is 9.65. The van der Waals surface area contributed by atoms with E-state index in [1.165, 1.54) is 0 Å². The van der Waals surface area contributed by atoms with Crippen molar-refractivity contribution < 1.29 is 9.90 Å². The molecular weight excluding hydrogens is 278 g/mol. The maximum atomic E-state index is 12.5. The van der Waals surface area contributed by atoms with Crippen molar-refractivity contribution >= 4 is 5.91 Å². The van der Waals surface area contributed by atoms with Gasteiger partial charge in [0.05, 0.1) is 11.2 Å². The summed E-state index contributed by atoms with van der Waals surface area (Å²) in [5, 5.41) is 17.6. The number of carbonyl (C=O) groups is 1. The van der Waals surface area contributed by atoms with Crippen molar-refractivity contribution in [2.24, 2.45) is 7.05 Å². The molecule has 0 bridgehead atoms. The molecule has 116 valence electrons. The molecule has 0 atom stereocenters. The van der Waals surface area contributed by atoms with Gasteiger partial charge in [-0.25, -0.2) is 0 Å². The SMILES string of the molecule is Cn1cc(C(=O)NCC2(O)CCCC2)c(-c2ccccc2)n1. The summed E-state index contributed by atoms with van der Waals surface area (Å²) in [7, 11) is 1.80. The Labute approximate surface area is 130 Å². The minimum atomic E-state index is -0.745. The van der Waals surface area contributed by atoms with Crippen LogP contribution in [0, 0.1) is 0 Å². The Kier molecular flexibility index (Phi) is 3.98. The Balaban J connectivity index is 1.78. The molecule has 2 N–H and O–H groups in total. The van der Waals surface area contributed by atoms with E-state index in [1.807, 2.05) is 30.3 Å². The number of amides is 1. The van der Waals surface area contributed by atoms with Crippen LogP contribution in [0.5, 0.6) is 0 Å². The standard InChI is InChI=1S/C17H21N3O2/c1-20-11-14(15(19-20)13-7-3-2-4-8-13)16(21)18-12-17(22)9-5-6-10-17/h2-4,7-8,11,22H,5-6,9-10,12H2,1H3,(H,18,21). The van der Waals surface area contributed by atoms with E-state index in [1.54, 1.807) is 17.9 Å². The number of hydrogen-bond acceptors (Lipinski definition) is 3. The molecule has 1 saturated carbocycles. The maximum Gasteiger partial charge on any atom is 0.255 e. The second-order valence-electron chi connectivity index (χ2n) is 6.05. The van der Waals surface area contributed by atoms with Gasteiger partial charge in [0.2, 0.25) is 0 Å². The van der Waals surface area contributed by atoms with Gasteiger partial charge in [-0.3, -0.25) is 9.48 Å². The number of benzene rings is 1. The molecule has 1 aliphatic carbocycles. The molecule has 2 aromatic rings. The fourth-order valence-corrected chi connectivity index (χ4v) is 3.01. The molecule has 0 spiro atoms. The van der Waals surface area contributed by atoms with Crippen molar-refractivity contribution in [3.8, 4) is 11.3 Å². The van der Waals surface area contributed by atoms with Crippen molar-refractivity contribution in [3.63, 3.8) is 0 Å². The average molecular weight is 299 g/mol. The third-order valence-electron chi connectivity index (χ3n) is 4.23. The van der Waals surface area contributed by atoms with E-state index < -0.39 is 5.60 Å². The van der Waals surface area contributed by atoms with E-state index in [4.69, 9.17) is 0 Å². The van der Waals surface area contributed by atoms with Crippen LogP contribution in [0.1, 0.15) is 36.0 Å². The fraction of sp³-hybridized carbons (Fsp3) is 0.412. The van der Waals surface area contributed by atoms with Crippen molar-refractivity contribution in [3.05, 3.63) is 42.1 Å². The van der Waals surface area contributed by atoms with Gasteiger partial charge < -0.3 is 10.4 Å². The molecule has 3 rings (SSSR count). The van der Waals surface area contributed by atoms with Crippen LogP contribution in [-0.2, 0) is 7.05 Å². The van der Waals surface area contributed by atoms with Gasteiger partial charge in [-0.05, 0) is 12.8 Å². The van der Waals surface area contributed by atoms with Crippen LogP contribution < -0.4 is 5.32 Å². The van der Waals surface area contributed by atoms with E-state index in [0.717, 1.165) is 31.2 Å². The number of aromatic nitrogens is 2. The van der Waals surface area contributed by atoms with Gasteiger partial charge in [-0.1, -0.05) is 43.2 Å². The molecule has 1 aromatic carbocycles. The Morgan fingerprint density at radius 1 is 1.32 bits per heavy atom. The molecule has 0 unspecified atom stereocenters. The molecule has 1 aromatic heterocycles. The van der Waals surface area contributed by atoms with E-state index in [9.17, 15) is 9.90 Å². The number of nitrogens with one attached hydrogen (secondary N) is 1. The minimum Gasteiger partial charge on any atom is -0.388 e. The molecule has 0 aliphatic heterocycles. The molecular formula is C17H21N3O2. The first-order valence-electron chi connectivity index (χ1n) is 7.67. The second kappa shape index (κ2) is 5.93. The largest absolute Gasteiger partial charge is 0.388 e. The summed E-state index contributed by atoms with van der Waals surface area (Å²) >= 11 is 0. The summed E-state index contributed by atoms with van der Waals surface area (Å²) in [4.78, 5) is 12.5. The smallest absolute Gasteiger partial charge is 0.255 e. The number of aliphatic hydroxyl groups is 1. The number of nitrogens with zero attached hydrogens (tertiary/aromatic N) is 2. The van der Waals surface area contributed by atoms with Crippen LogP contribution in [0.2, 0.25) is 0 Å². The normalized spacial score (nSPS) is 16.6. The van der Waals surface area contributed by atoms with Crippen LogP contribution >= 0.6 is 0 Å². The van der Waals surface area contributed by atoms with Gasteiger partial charge in [0.15, 0.2) is 0 Å². The summed E-state index contributed by atoms with van der Waals surface area (Å²) in [5.74, 6) is -0.188. The molecule has 5 heteroatoms. The van der Waals surface area contributed by atoms with Gasteiger partial charge in [-0.15, -0.1) is 0 Å². The minimum absolute atomic E-state index is 0.188. The monoisotopic (exact) mass is 299 g/mol. The predicted octanol–water partition coefficient (Wildman–Crippen LogP) is 2.12. The molecule has 22 heavy (non-hydrogen) atoms. The highest BCUT2D eigenvalue weighted by molar-refractivity contribution is 5.99. The second-order valence-corrected chi connectivity index (χ2v) is 6.05. The van der Waals surface area contributed by atoms with Gasteiger partial charge in [0, 0.05) is 25.4 Å². The predicted molar refractivity (Wildman–Crippen MR) is 84.4 cm³/mol. The van der Waals surface area contributed by atoms with Crippen LogP contribution in [0.3, 0.4) is 0 Å². The van der Waals surface area contributed by atoms with Gasteiger partial charge in [0.25, 0.3) is 5.91 Å². The summed E-state index contributed by atoms with van der Waals surface area (Å²) < 4.78 is 1.64. The quantitative estimate of drug-likeness (QED) is 0.908. The summed E-state index contributed by atoms with van der Waals surface area (Å²) in [6.45, 7) is 0.301. The highest BCUT2D eigenvalue weighted by Gasteiger charge is 2.31. The lowest BCUT2D eigenvalue weighted by molar-refractivity contribution is 0.0450. The molecule has 1 amide bonds. The van der Waals surface area contributed by atoms with Crippen LogP contribution in [0.4, 0.5) is 0 Å². The molecule has 1 aliphatic rings. The lowest BCUT2D eigenvalue weighted by Crippen LogP contribution is -2.40. The van der Waals surface area contributed by atoms with Gasteiger partial charge in [0.1, 0.15) is 5.69 Å². The van der Waals surface area contributed by atoms with Crippen molar-refractivity contribution in [2.45, 2.75) is 31.3 Å². The average Bonchev–Trinajstić information content (AvgIpc) is 3.13. The lowest BCUT2D eigenvalue weighted by Gasteiger charge is -2.22. The molecule has 1 heterocycles. The van der Waals surface area contributed by atoms with E-state index in [0.29, 0.717) is 17.8 Å². The molecule has 0 saturated heterocycles. The first kappa shape index (κ1) is 14.8. The summed E-state index contributed by atoms with van der Waals surface area (Å²) in [5.41, 5.74) is 1.37. The van der Waals surface area contributed by atoms with Gasteiger partial charge in [-0.2, -0.15) is 5.10 Å². The van der Waals surface area contributed by atoms with E-state index in [2.05, 4.69) is 10.4 Å². The Bertz CT molecular complexity index is 658. The number of aryl methyl sites for hydroxylation is 1. The number of rotatable bonds is 4. The third-order valence-corrected chi connectivity index (χ3v) is 4.23. The van der Waals surface area contributed by atoms with E-state index in [-0.39, 0.29) is 5.91 Å². The topological polar surface area (TPSA) is 67.2 Å². The molecule has 1 fully saturated rings. The van der Waals surface area contributed by atoms with Crippen LogP contribution in [-0.4, -0.2) is 32.9 Å². The zero-order valence-electron chi connectivity index (χ0n) is 12.7. The Morgan fingerprint density at radius 2 is 2.00 bits per heavy atom. The Hall–Kier alpha value is -2.14. The molecule has 5 nitrogen and oxygen atoms in total.